The summed E-state index contributed by atoms with van der Waals surface area (Å²) in [5.41, 5.74) is 6.09. The third-order valence-electron chi connectivity index (χ3n) is 3.17. The molecule has 0 saturated heterocycles. The van der Waals surface area contributed by atoms with E-state index in [9.17, 15) is 0 Å². The molecule has 2 aliphatic rings. The lowest BCUT2D eigenvalue weighted by Crippen LogP contribution is -2.10. The van der Waals surface area contributed by atoms with Crippen molar-refractivity contribution < 1.29 is 0 Å². The summed E-state index contributed by atoms with van der Waals surface area (Å²) in [6, 6.07) is 8.79. The Kier molecular flexibility index (Phi) is 1.76. The summed E-state index contributed by atoms with van der Waals surface area (Å²) in [7, 11) is 0. The summed E-state index contributed by atoms with van der Waals surface area (Å²) in [5, 5.41) is 0. The minimum absolute atomic E-state index is 0.934. The lowest BCUT2D eigenvalue weighted by atomic mass is 9.83. The Labute approximate surface area is 84.2 Å². The largest absolute Gasteiger partial charge is 0.293 e. The highest BCUT2D eigenvalue weighted by Crippen LogP contribution is 2.34. The van der Waals surface area contributed by atoms with Gasteiger partial charge in [-0.25, -0.2) is 0 Å². The van der Waals surface area contributed by atoms with E-state index in [1.165, 1.54) is 24.0 Å². The molecular weight excluding hydrogens is 170 g/mol. The first-order chi connectivity index (χ1) is 6.95. The number of hydrogen-bond acceptors (Lipinski definition) is 1. The fourth-order valence-corrected chi connectivity index (χ4v) is 2.42. The minimum atomic E-state index is 0.934. The Balaban J connectivity index is 2.14. The fourth-order valence-electron chi connectivity index (χ4n) is 2.42. The Bertz CT molecular complexity index is 427. The van der Waals surface area contributed by atoms with Crippen molar-refractivity contribution in [2.24, 2.45) is 4.99 Å². The predicted octanol–water partition coefficient (Wildman–Crippen LogP) is 2.86. The molecule has 0 amide bonds. The van der Waals surface area contributed by atoms with Crippen LogP contribution in [-0.2, 0) is 6.42 Å². The molecule has 0 bridgehead atoms. The molecular formula is C13H13N. The summed E-state index contributed by atoms with van der Waals surface area (Å²) < 4.78 is 0. The van der Waals surface area contributed by atoms with Gasteiger partial charge in [0.05, 0.1) is 6.54 Å². The first-order valence-electron chi connectivity index (χ1n) is 5.22. The van der Waals surface area contributed by atoms with Gasteiger partial charge in [-0.2, -0.15) is 0 Å². The van der Waals surface area contributed by atoms with Crippen LogP contribution in [0.3, 0.4) is 0 Å². The number of rotatable bonds is 0. The highest BCUT2D eigenvalue weighted by molar-refractivity contribution is 5.85. The molecule has 1 aliphatic carbocycles. The Morgan fingerprint density at radius 1 is 1.07 bits per heavy atom. The molecule has 0 fully saturated rings. The van der Waals surface area contributed by atoms with Crippen LogP contribution in [0.5, 0.6) is 0 Å². The van der Waals surface area contributed by atoms with Gasteiger partial charge >= 0.3 is 0 Å². The number of hydrogen-bond donors (Lipinski definition) is 0. The average molecular weight is 183 g/mol. The van der Waals surface area contributed by atoms with Gasteiger partial charge in [0.2, 0.25) is 0 Å². The van der Waals surface area contributed by atoms with Crippen molar-refractivity contribution in [3.05, 3.63) is 41.0 Å². The monoisotopic (exact) mass is 183 g/mol. The highest BCUT2D eigenvalue weighted by Gasteiger charge is 2.18. The molecule has 3 rings (SSSR count). The number of allylic oxidation sites excluding steroid dienone is 1. The van der Waals surface area contributed by atoms with Crippen LogP contribution in [0.4, 0.5) is 0 Å². The van der Waals surface area contributed by atoms with Crippen LogP contribution in [0.15, 0.2) is 34.8 Å². The van der Waals surface area contributed by atoms with Crippen molar-refractivity contribution in [1.29, 1.82) is 0 Å². The van der Waals surface area contributed by atoms with Gasteiger partial charge in [0.25, 0.3) is 0 Å². The van der Waals surface area contributed by atoms with E-state index in [1.54, 1.807) is 11.1 Å². The van der Waals surface area contributed by atoms with E-state index in [4.69, 9.17) is 0 Å². The van der Waals surface area contributed by atoms with Crippen LogP contribution >= 0.6 is 0 Å². The third kappa shape index (κ3) is 1.12. The number of dihydropyridines is 1. The summed E-state index contributed by atoms with van der Waals surface area (Å²) in [6.45, 7) is 0.934. The molecule has 0 aromatic heterocycles. The van der Waals surface area contributed by atoms with Gasteiger partial charge in [-0.05, 0) is 35.1 Å². The van der Waals surface area contributed by atoms with Crippen molar-refractivity contribution in [1.82, 2.24) is 0 Å². The van der Waals surface area contributed by atoms with Crippen LogP contribution in [0.1, 0.15) is 24.0 Å². The number of aliphatic imine (C=N–C) groups is 1. The molecule has 70 valence electrons. The van der Waals surface area contributed by atoms with Crippen LogP contribution in [0.25, 0.3) is 5.57 Å². The van der Waals surface area contributed by atoms with Crippen molar-refractivity contribution in [3.8, 4) is 0 Å². The van der Waals surface area contributed by atoms with Gasteiger partial charge in [0.1, 0.15) is 0 Å². The Morgan fingerprint density at radius 2 is 2.00 bits per heavy atom. The Hall–Kier alpha value is -1.37. The lowest BCUT2D eigenvalue weighted by molar-refractivity contribution is 0.871. The SMILES string of the molecule is C1=NCC2=C(C1)c1ccccc1CC2. The van der Waals surface area contributed by atoms with E-state index in [-0.39, 0.29) is 0 Å². The molecule has 1 aliphatic heterocycles. The van der Waals surface area contributed by atoms with Gasteiger partial charge < -0.3 is 0 Å². The van der Waals surface area contributed by atoms with Crippen molar-refractivity contribution >= 4 is 11.8 Å². The first-order valence-corrected chi connectivity index (χ1v) is 5.22. The number of benzene rings is 1. The van der Waals surface area contributed by atoms with E-state index in [1.807, 2.05) is 0 Å². The van der Waals surface area contributed by atoms with Crippen LogP contribution < -0.4 is 0 Å². The summed E-state index contributed by atoms with van der Waals surface area (Å²) >= 11 is 0. The van der Waals surface area contributed by atoms with E-state index in [0.29, 0.717) is 0 Å². The normalized spacial score (nSPS) is 19.1. The number of aryl methyl sites for hydroxylation is 1. The zero-order chi connectivity index (χ0) is 9.38. The molecule has 0 unspecified atom stereocenters. The summed E-state index contributed by atoms with van der Waals surface area (Å²) in [5.74, 6) is 0. The van der Waals surface area contributed by atoms with Gasteiger partial charge in [-0.3, -0.25) is 4.99 Å². The first kappa shape index (κ1) is 7.98. The maximum Gasteiger partial charge on any atom is 0.0602 e. The zero-order valence-electron chi connectivity index (χ0n) is 8.16. The maximum atomic E-state index is 4.35. The fraction of sp³-hybridized carbons (Fsp3) is 0.308. The van der Waals surface area contributed by atoms with Crippen LogP contribution in [-0.4, -0.2) is 12.8 Å². The second kappa shape index (κ2) is 3.09. The molecule has 1 nitrogen and oxygen atoms in total. The van der Waals surface area contributed by atoms with E-state index < -0.39 is 0 Å². The standard InChI is InChI=1S/C13H13N/c1-2-4-12-10(3-1)5-6-11-9-14-8-7-13(11)12/h1-4,8H,5-7,9H2. The predicted molar refractivity (Wildman–Crippen MR) is 59.7 cm³/mol. The van der Waals surface area contributed by atoms with E-state index in [0.717, 1.165) is 13.0 Å². The molecule has 0 spiro atoms. The van der Waals surface area contributed by atoms with Gasteiger partial charge in [-0.15, -0.1) is 0 Å². The quantitative estimate of drug-likeness (QED) is 0.586. The van der Waals surface area contributed by atoms with Crippen molar-refractivity contribution in [2.75, 3.05) is 6.54 Å². The number of nitrogens with zero attached hydrogens (tertiary/aromatic N) is 1. The smallest absolute Gasteiger partial charge is 0.0602 e. The zero-order valence-corrected chi connectivity index (χ0v) is 8.16. The Morgan fingerprint density at radius 3 is 3.00 bits per heavy atom. The van der Waals surface area contributed by atoms with E-state index >= 15 is 0 Å². The topological polar surface area (TPSA) is 12.4 Å². The van der Waals surface area contributed by atoms with E-state index in [2.05, 4.69) is 35.5 Å². The molecule has 14 heavy (non-hydrogen) atoms. The maximum absolute atomic E-state index is 4.35. The third-order valence-corrected chi connectivity index (χ3v) is 3.17. The van der Waals surface area contributed by atoms with Gasteiger partial charge in [0, 0.05) is 12.6 Å². The minimum Gasteiger partial charge on any atom is -0.293 e. The second-order valence-corrected chi connectivity index (χ2v) is 3.97. The molecule has 0 atom stereocenters. The molecule has 0 N–H and O–H groups in total. The second-order valence-electron chi connectivity index (χ2n) is 3.97. The average Bonchev–Trinajstić information content (AvgIpc) is 2.29. The molecule has 0 radical (unpaired) electrons. The van der Waals surface area contributed by atoms with Crippen molar-refractivity contribution in [2.45, 2.75) is 19.3 Å². The van der Waals surface area contributed by atoms with Gasteiger partial charge in [0.15, 0.2) is 0 Å². The molecule has 1 aromatic carbocycles. The molecule has 1 aromatic rings. The van der Waals surface area contributed by atoms with Gasteiger partial charge in [-0.1, -0.05) is 24.3 Å². The molecule has 0 saturated carbocycles. The molecule has 1 heteroatoms. The highest BCUT2D eigenvalue weighted by atomic mass is 14.7. The van der Waals surface area contributed by atoms with Crippen molar-refractivity contribution in [3.63, 3.8) is 0 Å². The number of fused-ring (bicyclic) bond motifs is 2. The summed E-state index contributed by atoms with van der Waals surface area (Å²) in [4.78, 5) is 4.35. The van der Waals surface area contributed by atoms with Crippen LogP contribution in [0, 0.1) is 0 Å². The summed E-state index contributed by atoms with van der Waals surface area (Å²) in [6.07, 6.45) is 5.50. The van der Waals surface area contributed by atoms with Crippen LogP contribution in [0.2, 0.25) is 0 Å². The molecule has 1 heterocycles. The lowest BCUT2D eigenvalue weighted by Gasteiger charge is -2.24.